The van der Waals surface area contributed by atoms with Crippen LogP contribution < -0.4 is 0 Å². The van der Waals surface area contributed by atoms with Gasteiger partial charge < -0.3 is 0 Å². The van der Waals surface area contributed by atoms with Crippen LogP contribution in [0, 0.1) is 5.92 Å². The van der Waals surface area contributed by atoms with Crippen molar-refractivity contribution in [2.45, 2.75) is 13.8 Å². The van der Waals surface area contributed by atoms with Gasteiger partial charge in [-0.15, -0.1) is 0 Å². The SMILES string of the molecule is CC(C)C(=O)OCOC(=O)c1c(-c2ccc3cc(Cl)ccc3n2)nn[n]1[Tl]. The molecule has 0 saturated carbocycles. The topological polar surface area (TPSA) is 96.2 Å². The van der Waals surface area contributed by atoms with Crippen molar-refractivity contribution in [1.82, 2.24) is 17.8 Å². The van der Waals surface area contributed by atoms with Gasteiger partial charge >= 0.3 is 176 Å². The Labute approximate surface area is 175 Å². The Kier molecular flexibility index (Phi) is 6.05. The van der Waals surface area contributed by atoms with Crippen molar-refractivity contribution >= 4 is 60.5 Å². The summed E-state index contributed by atoms with van der Waals surface area (Å²) in [6, 6.07) is 8.92. The summed E-state index contributed by atoms with van der Waals surface area (Å²) in [7, 11) is 0. The number of hydrogen-bond acceptors (Lipinski definition) is 7. The molecule has 0 aliphatic heterocycles. The number of carbonyl (C=O) groups excluding carboxylic acids is 2. The van der Waals surface area contributed by atoms with Crippen LogP contribution in [0.2, 0.25) is 5.02 Å². The standard InChI is InChI=1S/C17H15ClN4O4.Tl/c1-9(2)16(23)25-8-26-17(24)15-14(20-22-21-15)13-5-3-10-7-11(18)4-6-12(10)19-13;/h3-7,9H,8H2,1-2H3,(H,19,20,21,22,24);/q;+1/p-1. The molecule has 8 nitrogen and oxygen atoms in total. The molecule has 0 saturated heterocycles. The van der Waals surface area contributed by atoms with Crippen LogP contribution in [0.1, 0.15) is 24.3 Å². The number of nitrogens with zero attached hydrogens (tertiary/aromatic N) is 4. The second-order valence-electron chi connectivity index (χ2n) is 5.93. The molecule has 0 N–H and O–H groups in total. The molecule has 27 heavy (non-hydrogen) atoms. The van der Waals surface area contributed by atoms with E-state index in [-0.39, 0.29) is 37.7 Å². The van der Waals surface area contributed by atoms with Gasteiger partial charge in [0, 0.05) is 0 Å². The summed E-state index contributed by atoms with van der Waals surface area (Å²) in [5, 5.41) is 9.50. The quantitative estimate of drug-likeness (QED) is 0.261. The average Bonchev–Trinajstić information content (AvgIpc) is 3.02. The molecule has 3 aromatic rings. The predicted octanol–water partition coefficient (Wildman–Crippen LogP) is 2.39. The minimum atomic E-state index is -0.674. The van der Waals surface area contributed by atoms with E-state index in [1.165, 1.54) is 2.49 Å². The fraction of sp³-hybridized carbons (Fsp3) is 0.235. The zero-order valence-corrected chi connectivity index (χ0v) is 19.8. The summed E-state index contributed by atoms with van der Waals surface area (Å²) < 4.78 is 11.4. The van der Waals surface area contributed by atoms with Crippen molar-refractivity contribution in [3.05, 3.63) is 41.0 Å². The Morgan fingerprint density at radius 2 is 2.00 bits per heavy atom. The molecule has 0 bridgehead atoms. The first-order chi connectivity index (χ1) is 12.9. The zero-order chi connectivity index (χ0) is 19.6. The number of halogens is 1. The number of benzene rings is 1. The number of esters is 2. The first-order valence-corrected chi connectivity index (χ1v) is 10.4. The Balaban J connectivity index is 1.85. The molecule has 136 valence electrons. The molecular formula is C17H14ClN4O4Tl. The van der Waals surface area contributed by atoms with E-state index in [2.05, 4.69) is 15.3 Å². The molecule has 1 aromatic carbocycles. The fourth-order valence-corrected chi connectivity index (χ4v) is 3.53. The van der Waals surface area contributed by atoms with Gasteiger partial charge in [0.05, 0.1) is 0 Å². The van der Waals surface area contributed by atoms with Crippen molar-refractivity contribution in [2.24, 2.45) is 5.92 Å². The molecule has 2 heterocycles. The third-order valence-corrected chi connectivity index (χ3v) is 5.28. The molecule has 3 rings (SSSR count). The first kappa shape index (κ1) is 19.7. The molecule has 0 spiro atoms. The van der Waals surface area contributed by atoms with Gasteiger partial charge in [0.2, 0.25) is 0 Å². The number of fused-ring (bicyclic) bond motifs is 1. The van der Waals surface area contributed by atoms with Gasteiger partial charge in [-0.2, -0.15) is 0 Å². The average molecular weight is 578 g/mol. The van der Waals surface area contributed by atoms with Crippen LogP contribution in [-0.2, 0) is 14.3 Å². The number of pyridine rings is 1. The number of ether oxygens (including phenoxy) is 2. The third-order valence-electron chi connectivity index (χ3n) is 3.64. The second kappa shape index (κ2) is 8.30. The molecule has 0 radical (unpaired) electrons. The second-order valence-corrected chi connectivity index (χ2v) is 8.27. The van der Waals surface area contributed by atoms with Gasteiger partial charge in [-0.05, 0) is 0 Å². The van der Waals surface area contributed by atoms with Crippen LogP contribution in [-0.4, -0.2) is 62.6 Å². The van der Waals surface area contributed by atoms with Crippen molar-refractivity contribution in [1.29, 1.82) is 0 Å². The summed E-state index contributed by atoms with van der Waals surface area (Å²) in [6.07, 6.45) is 0. The summed E-state index contributed by atoms with van der Waals surface area (Å²) in [4.78, 5) is 28.4. The van der Waals surface area contributed by atoms with E-state index in [9.17, 15) is 9.59 Å². The van der Waals surface area contributed by atoms with Crippen molar-refractivity contribution in [2.75, 3.05) is 6.79 Å². The number of carbonyl (C=O) groups is 2. The molecule has 2 aromatic heterocycles. The van der Waals surface area contributed by atoms with Crippen LogP contribution in [0.3, 0.4) is 0 Å². The number of aromatic nitrogens is 4. The van der Waals surface area contributed by atoms with Crippen molar-refractivity contribution < 1.29 is 19.1 Å². The molecule has 0 amide bonds. The van der Waals surface area contributed by atoms with E-state index in [0.29, 0.717) is 21.9 Å². The summed E-state index contributed by atoms with van der Waals surface area (Å²) in [6.45, 7) is 2.92. The zero-order valence-electron chi connectivity index (χ0n) is 14.5. The minimum absolute atomic E-state index is 0.182. The Hall–Kier alpha value is -2.08. The van der Waals surface area contributed by atoms with Crippen LogP contribution >= 0.6 is 11.6 Å². The summed E-state index contributed by atoms with van der Waals surface area (Å²) in [5.74, 6) is -1.42. The van der Waals surface area contributed by atoms with E-state index in [4.69, 9.17) is 21.1 Å². The van der Waals surface area contributed by atoms with Crippen molar-refractivity contribution in [3.63, 3.8) is 0 Å². The molecule has 0 unspecified atom stereocenters. The van der Waals surface area contributed by atoms with Crippen molar-refractivity contribution in [3.8, 4) is 11.4 Å². The third kappa shape index (κ3) is 4.43. The Morgan fingerprint density at radius 1 is 1.22 bits per heavy atom. The van der Waals surface area contributed by atoms with Crippen LogP contribution in [0.15, 0.2) is 30.3 Å². The molecule has 0 aliphatic rings. The molecule has 10 heteroatoms. The van der Waals surface area contributed by atoms with Gasteiger partial charge in [0.1, 0.15) is 0 Å². The molecule has 0 atom stereocenters. The number of rotatable bonds is 5. The van der Waals surface area contributed by atoms with E-state index >= 15 is 0 Å². The van der Waals surface area contributed by atoms with E-state index < -0.39 is 18.7 Å². The Morgan fingerprint density at radius 3 is 2.74 bits per heavy atom. The molecule has 0 fully saturated rings. The maximum absolute atomic E-state index is 12.4. The maximum atomic E-state index is 12.4. The summed E-state index contributed by atoms with van der Waals surface area (Å²) >= 11 is 6.18. The normalized spacial score (nSPS) is 10.9. The Bertz CT molecular complexity index is 1020. The van der Waals surface area contributed by atoms with Gasteiger partial charge in [-0.1, -0.05) is 0 Å². The first-order valence-electron chi connectivity index (χ1n) is 7.98. The predicted molar refractivity (Wildman–Crippen MR) is 98.1 cm³/mol. The fourth-order valence-electron chi connectivity index (χ4n) is 2.26. The van der Waals surface area contributed by atoms with Crippen LogP contribution in [0.4, 0.5) is 0 Å². The molecule has 0 aliphatic carbocycles. The van der Waals surface area contributed by atoms with Crippen LogP contribution in [0.5, 0.6) is 0 Å². The van der Waals surface area contributed by atoms with Gasteiger partial charge in [0.15, 0.2) is 0 Å². The van der Waals surface area contributed by atoms with E-state index in [0.717, 1.165) is 5.39 Å². The van der Waals surface area contributed by atoms with E-state index in [1.54, 1.807) is 38.1 Å². The van der Waals surface area contributed by atoms with Gasteiger partial charge in [-0.25, -0.2) is 0 Å². The number of hydrogen-bond donors (Lipinski definition) is 0. The molecular weight excluding hydrogens is 564 g/mol. The monoisotopic (exact) mass is 578 g/mol. The van der Waals surface area contributed by atoms with Gasteiger partial charge in [0.25, 0.3) is 0 Å². The van der Waals surface area contributed by atoms with Gasteiger partial charge in [-0.3, -0.25) is 0 Å². The van der Waals surface area contributed by atoms with Crippen LogP contribution in [0.25, 0.3) is 22.3 Å². The summed E-state index contributed by atoms with van der Waals surface area (Å²) in [5.41, 5.74) is 1.70. The van der Waals surface area contributed by atoms with E-state index in [1.807, 2.05) is 6.07 Å².